The second-order valence-corrected chi connectivity index (χ2v) is 11.6. The highest BCUT2D eigenvalue weighted by atomic mass is 32.1. The van der Waals surface area contributed by atoms with Crippen molar-refractivity contribution in [2.45, 2.75) is 59.7 Å². The standard InChI is InChI=1S/C27H34N8O5S/c1-13(2)20-25-34-22(16(6)40-25)24(38)30-15(5)10-35(27(39)17-7-8-28-29-9-17)11-19(36)32-21(14(3)4)26-31-18(12-41-26)23(37)33-20/h7-9,12-15,20-21H,10-11H2,1-6H3,(H,30,38)(H,32,36)(H,33,37)/t15-,20-,21+/m1/s1. The van der Waals surface area contributed by atoms with Crippen molar-refractivity contribution < 1.29 is 23.6 Å². The van der Waals surface area contributed by atoms with Crippen LogP contribution in [0.4, 0.5) is 0 Å². The molecule has 0 fully saturated rings. The zero-order chi connectivity index (χ0) is 29.8. The molecule has 3 N–H and O–H groups in total. The first kappa shape index (κ1) is 29.8. The van der Waals surface area contributed by atoms with E-state index < -0.39 is 41.8 Å². The number of nitrogens with one attached hydrogen (secondary N) is 3. The predicted molar refractivity (Wildman–Crippen MR) is 149 cm³/mol. The minimum Gasteiger partial charge on any atom is -0.443 e. The van der Waals surface area contributed by atoms with Crippen LogP contribution in [0.1, 0.15) is 94.7 Å². The molecule has 0 radical (unpaired) electrons. The molecule has 218 valence electrons. The van der Waals surface area contributed by atoms with E-state index in [1.807, 2.05) is 27.7 Å². The molecule has 4 heterocycles. The Morgan fingerprint density at radius 2 is 1.76 bits per heavy atom. The maximum Gasteiger partial charge on any atom is 0.273 e. The lowest BCUT2D eigenvalue weighted by molar-refractivity contribution is -0.122. The van der Waals surface area contributed by atoms with E-state index in [-0.39, 0.29) is 53.5 Å². The summed E-state index contributed by atoms with van der Waals surface area (Å²) in [7, 11) is 0. The molecule has 0 unspecified atom stereocenters. The number of rotatable bonds is 3. The zero-order valence-corrected chi connectivity index (χ0v) is 24.6. The lowest BCUT2D eigenvalue weighted by Crippen LogP contribution is -2.48. The van der Waals surface area contributed by atoms with Gasteiger partial charge in [0.05, 0.1) is 30.5 Å². The molecule has 4 bridgehead atoms. The third-order valence-corrected chi connectivity index (χ3v) is 7.50. The number of hydrogen-bond donors (Lipinski definition) is 3. The summed E-state index contributed by atoms with van der Waals surface area (Å²) in [6.07, 6.45) is 2.71. The fraction of sp³-hybridized carbons (Fsp3) is 0.481. The van der Waals surface area contributed by atoms with Crippen molar-refractivity contribution in [1.82, 2.24) is 41.0 Å². The van der Waals surface area contributed by atoms with Gasteiger partial charge in [0.25, 0.3) is 17.7 Å². The van der Waals surface area contributed by atoms with Gasteiger partial charge in [-0.05, 0) is 31.7 Å². The molecule has 13 nitrogen and oxygen atoms in total. The van der Waals surface area contributed by atoms with Crippen molar-refractivity contribution in [3.63, 3.8) is 0 Å². The van der Waals surface area contributed by atoms with Crippen LogP contribution < -0.4 is 16.0 Å². The lowest BCUT2D eigenvalue weighted by Gasteiger charge is -2.27. The van der Waals surface area contributed by atoms with Crippen LogP contribution in [0.2, 0.25) is 0 Å². The number of amides is 4. The minimum absolute atomic E-state index is 0.0303. The molecule has 41 heavy (non-hydrogen) atoms. The van der Waals surface area contributed by atoms with Crippen molar-refractivity contribution in [3.8, 4) is 0 Å². The molecule has 14 heteroatoms. The maximum absolute atomic E-state index is 13.4. The van der Waals surface area contributed by atoms with E-state index in [4.69, 9.17) is 4.42 Å². The molecule has 4 rings (SSSR count). The van der Waals surface area contributed by atoms with E-state index in [0.29, 0.717) is 5.01 Å². The molecular formula is C27H34N8O5S. The van der Waals surface area contributed by atoms with Gasteiger partial charge in [0, 0.05) is 18.0 Å². The summed E-state index contributed by atoms with van der Waals surface area (Å²) in [5.41, 5.74) is 0.507. The Morgan fingerprint density at radius 1 is 1.02 bits per heavy atom. The highest BCUT2D eigenvalue weighted by Gasteiger charge is 2.31. The average molecular weight is 583 g/mol. The molecule has 0 saturated carbocycles. The first-order valence-electron chi connectivity index (χ1n) is 13.3. The number of carbonyl (C=O) groups is 4. The number of aryl methyl sites for hydroxylation is 1. The molecule has 4 amide bonds. The van der Waals surface area contributed by atoms with Gasteiger partial charge >= 0.3 is 0 Å². The third-order valence-electron chi connectivity index (χ3n) is 6.58. The van der Waals surface area contributed by atoms with Crippen molar-refractivity contribution in [2.75, 3.05) is 13.1 Å². The molecule has 0 aliphatic carbocycles. The van der Waals surface area contributed by atoms with E-state index in [2.05, 4.69) is 36.1 Å². The van der Waals surface area contributed by atoms with Crippen LogP contribution >= 0.6 is 11.3 Å². The third kappa shape index (κ3) is 6.93. The Balaban J connectivity index is 1.73. The Kier molecular flexibility index (Phi) is 9.11. The monoisotopic (exact) mass is 582 g/mol. The van der Waals surface area contributed by atoms with Crippen LogP contribution in [0.3, 0.4) is 0 Å². The van der Waals surface area contributed by atoms with Gasteiger partial charge in [-0.15, -0.1) is 11.3 Å². The summed E-state index contributed by atoms with van der Waals surface area (Å²) in [5.74, 6) is -1.49. The van der Waals surface area contributed by atoms with E-state index in [9.17, 15) is 19.2 Å². The van der Waals surface area contributed by atoms with Gasteiger partial charge in [-0.2, -0.15) is 10.2 Å². The van der Waals surface area contributed by atoms with Crippen LogP contribution in [-0.2, 0) is 4.79 Å². The molecule has 1 aliphatic rings. The molecule has 0 spiro atoms. The highest BCUT2D eigenvalue weighted by Crippen LogP contribution is 2.27. The van der Waals surface area contributed by atoms with Crippen molar-refractivity contribution in [1.29, 1.82) is 0 Å². The first-order valence-corrected chi connectivity index (χ1v) is 14.2. The van der Waals surface area contributed by atoms with Gasteiger partial charge in [-0.25, -0.2) is 9.97 Å². The highest BCUT2D eigenvalue weighted by molar-refractivity contribution is 7.09. The van der Waals surface area contributed by atoms with Crippen LogP contribution in [0.25, 0.3) is 0 Å². The van der Waals surface area contributed by atoms with Gasteiger partial charge in [0.2, 0.25) is 11.8 Å². The summed E-state index contributed by atoms with van der Waals surface area (Å²) < 4.78 is 5.84. The number of carbonyl (C=O) groups excluding carboxylic acids is 4. The zero-order valence-electron chi connectivity index (χ0n) is 23.8. The summed E-state index contributed by atoms with van der Waals surface area (Å²) in [6, 6.07) is -0.170. The Bertz CT molecular complexity index is 1420. The molecule has 3 atom stereocenters. The Morgan fingerprint density at radius 3 is 2.41 bits per heavy atom. The fourth-order valence-corrected chi connectivity index (χ4v) is 5.44. The quantitative estimate of drug-likeness (QED) is 0.419. The van der Waals surface area contributed by atoms with Gasteiger partial charge in [0.1, 0.15) is 22.5 Å². The molecular weight excluding hydrogens is 548 g/mol. The summed E-state index contributed by atoms with van der Waals surface area (Å²) in [6.45, 7) is 10.7. The minimum atomic E-state index is -0.619. The summed E-state index contributed by atoms with van der Waals surface area (Å²) in [4.78, 5) is 63.3. The van der Waals surface area contributed by atoms with Crippen LogP contribution in [0.5, 0.6) is 0 Å². The van der Waals surface area contributed by atoms with E-state index >= 15 is 0 Å². The van der Waals surface area contributed by atoms with Gasteiger partial charge in [0.15, 0.2) is 5.69 Å². The second-order valence-electron chi connectivity index (χ2n) is 10.7. The predicted octanol–water partition coefficient (Wildman–Crippen LogP) is 2.44. The topological polar surface area (TPSA) is 172 Å². The van der Waals surface area contributed by atoms with Crippen LogP contribution in [-0.4, -0.2) is 67.8 Å². The van der Waals surface area contributed by atoms with Crippen molar-refractivity contribution in [2.24, 2.45) is 11.8 Å². The maximum atomic E-state index is 13.4. The van der Waals surface area contributed by atoms with Gasteiger partial charge < -0.3 is 25.3 Å². The van der Waals surface area contributed by atoms with Crippen LogP contribution in [0, 0.1) is 18.8 Å². The Hall–Kier alpha value is -4.20. The molecule has 3 aromatic heterocycles. The normalized spacial score (nSPS) is 20.7. The van der Waals surface area contributed by atoms with E-state index in [0.717, 1.165) is 0 Å². The summed E-state index contributed by atoms with van der Waals surface area (Å²) in [5, 5.41) is 18.4. The van der Waals surface area contributed by atoms with Crippen LogP contribution in [0.15, 0.2) is 28.3 Å². The first-order chi connectivity index (χ1) is 19.4. The number of thiazole rings is 1. The molecule has 0 aromatic carbocycles. The number of aromatic nitrogens is 4. The SMILES string of the molecule is Cc1oc2nc1C(=O)N[C@H](C)CN(C(=O)c1ccnnc1)CC(=O)N[C@@H](C(C)C)c1nc(cs1)C(=O)N[C@@H]2C(C)C. The Labute approximate surface area is 241 Å². The number of oxazole rings is 1. The molecule has 0 saturated heterocycles. The second kappa shape index (κ2) is 12.5. The number of hydrogen-bond acceptors (Lipinski definition) is 10. The number of fused-ring (bicyclic) bond motifs is 4. The van der Waals surface area contributed by atoms with E-state index in [1.165, 1.54) is 34.7 Å². The largest absolute Gasteiger partial charge is 0.443 e. The summed E-state index contributed by atoms with van der Waals surface area (Å²) >= 11 is 1.26. The lowest BCUT2D eigenvalue weighted by atomic mass is 10.0. The number of nitrogens with zero attached hydrogens (tertiary/aromatic N) is 5. The average Bonchev–Trinajstić information content (AvgIpc) is 3.56. The van der Waals surface area contributed by atoms with Gasteiger partial charge in [-0.3, -0.25) is 19.2 Å². The smallest absolute Gasteiger partial charge is 0.273 e. The fourth-order valence-electron chi connectivity index (χ4n) is 4.42. The molecule has 1 aliphatic heterocycles. The van der Waals surface area contributed by atoms with Crippen molar-refractivity contribution in [3.05, 3.63) is 57.5 Å². The van der Waals surface area contributed by atoms with E-state index in [1.54, 1.807) is 19.2 Å². The molecule has 3 aromatic rings. The van der Waals surface area contributed by atoms with Gasteiger partial charge in [-0.1, -0.05) is 27.7 Å². The van der Waals surface area contributed by atoms with Crippen molar-refractivity contribution >= 4 is 35.0 Å².